The highest BCUT2D eigenvalue weighted by Gasteiger charge is 2.34. The molecule has 0 amide bonds. The van der Waals surface area contributed by atoms with Crippen molar-refractivity contribution in [3.8, 4) is 0 Å². The molecular weight excluding hydrogens is 260 g/mol. The van der Waals surface area contributed by atoms with E-state index in [1.54, 1.807) is 0 Å². The van der Waals surface area contributed by atoms with E-state index in [-0.39, 0.29) is 10.9 Å². The van der Waals surface area contributed by atoms with Crippen LogP contribution >= 0.6 is 0 Å². The van der Waals surface area contributed by atoms with Crippen molar-refractivity contribution in [1.29, 1.82) is 0 Å². The minimum Gasteiger partial charge on any atom is -0.0882 e. The molecule has 0 N–H and O–H groups in total. The van der Waals surface area contributed by atoms with Gasteiger partial charge in [-0.1, -0.05) is 48.0 Å². The van der Waals surface area contributed by atoms with Gasteiger partial charge in [0, 0.05) is 6.42 Å². The molecule has 0 heterocycles. The van der Waals surface area contributed by atoms with Crippen molar-refractivity contribution < 1.29 is 0 Å². The summed E-state index contributed by atoms with van der Waals surface area (Å²) < 4.78 is 0. The third-order valence-corrected chi connectivity index (χ3v) is 6.48. The highest BCUT2D eigenvalue weighted by molar-refractivity contribution is 7.97. The van der Waals surface area contributed by atoms with Crippen LogP contribution in [0.25, 0.3) is 0 Å². The number of benzene rings is 2. The fraction of sp³-hybridized carbons (Fsp3) is 0.263. The maximum atomic E-state index is 2.37. The first kappa shape index (κ1) is 13.5. The van der Waals surface area contributed by atoms with Crippen LogP contribution in [0.15, 0.2) is 76.5 Å². The van der Waals surface area contributed by atoms with Crippen LogP contribution in [0.5, 0.6) is 0 Å². The van der Waals surface area contributed by atoms with E-state index in [2.05, 4.69) is 73.7 Å². The summed E-state index contributed by atoms with van der Waals surface area (Å²) in [4.78, 5) is 2.97. The minimum atomic E-state index is 0.203. The van der Waals surface area contributed by atoms with Gasteiger partial charge in [0.2, 0.25) is 0 Å². The Hall–Kier alpha value is -1.47. The highest BCUT2D eigenvalue weighted by Crippen LogP contribution is 2.33. The van der Waals surface area contributed by atoms with Gasteiger partial charge in [0.05, 0.1) is 10.9 Å². The van der Waals surface area contributed by atoms with Crippen molar-refractivity contribution in [3.63, 3.8) is 0 Å². The van der Waals surface area contributed by atoms with E-state index in [9.17, 15) is 0 Å². The molecule has 2 atom stereocenters. The molecule has 0 saturated heterocycles. The molecule has 0 fully saturated rings. The van der Waals surface area contributed by atoms with Crippen molar-refractivity contribution in [2.24, 2.45) is 0 Å². The molecule has 0 saturated carbocycles. The topological polar surface area (TPSA) is 0 Å². The van der Waals surface area contributed by atoms with Crippen LogP contribution in [0.1, 0.15) is 24.8 Å². The molecule has 1 aliphatic rings. The predicted molar refractivity (Wildman–Crippen MR) is 88.3 cm³/mol. The lowest BCUT2D eigenvalue weighted by Gasteiger charge is -2.19. The molecular formula is C19H21S+. The molecule has 20 heavy (non-hydrogen) atoms. The summed E-state index contributed by atoms with van der Waals surface area (Å²) in [7, 11) is 0.203. The van der Waals surface area contributed by atoms with Gasteiger partial charge in [-0.2, -0.15) is 0 Å². The van der Waals surface area contributed by atoms with Crippen LogP contribution in [-0.2, 0) is 10.9 Å². The number of allylic oxidation sites excluding steroid dienone is 2. The molecule has 2 aromatic rings. The molecule has 0 aliphatic heterocycles. The van der Waals surface area contributed by atoms with E-state index in [1.165, 1.54) is 34.6 Å². The number of aryl methyl sites for hydroxylation is 1. The minimum absolute atomic E-state index is 0.203. The van der Waals surface area contributed by atoms with Crippen molar-refractivity contribution in [3.05, 3.63) is 72.3 Å². The summed E-state index contributed by atoms with van der Waals surface area (Å²) in [6, 6.07) is 20.2. The Morgan fingerprint density at radius 2 is 1.55 bits per heavy atom. The zero-order valence-corrected chi connectivity index (χ0v) is 12.8. The SMILES string of the molecule is Cc1ccc([S+](c2ccccc2)C2CC=CCC2)cc1. The van der Waals surface area contributed by atoms with E-state index >= 15 is 0 Å². The molecule has 1 aliphatic carbocycles. The van der Waals surface area contributed by atoms with Crippen LogP contribution in [0.4, 0.5) is 0 Å². The summed E-state index contributed by atoms with van der Waals surface area (Å²) in [5.74, 6) is 0. The second-order valence-electron chi connectivity index (χ2n) is 5.37. The van der Waals surface area contributed by atoms with Gasteiger partial charge in [0.1, 0.15) is 5.25 Å². The number of hydrogen-bond acceptors (Lipinski definition) is 0. The third-order valence-electron chi connectivity index (χ3n) is 3.83. The van der Waals surface area contributed by atoms with Crippen molar-refractivity contribution in [1.82, 2.24) is 0 Å². The molecule has 0 nitrogen and oxygen atoms in total. The van der Waals surface area contributed by atoms with E-state index in [0.717, 1.165) is 5.25 Å². The standard InChI is InChI=1S/C19H21S/c1-16-12-14-19(15-13-16)20(17-8-4-2-5-9-17)18-10-6-3-7-11-18/h2-6,8-9,12-15,18H,7,10-11H2,1H3/q+1. The van der Waals surface area contributed by atoms with Crippen LogP contribution < -0.4 is 0 Å². The monoisotopic (exact) mass is 281 g/mol. The van der Waals surface area contributed by atoms with Crippen LogP contribution in [0, 0.1) is 6.92 Å². The second kappa shape index (κ2) is 6.32. The highest BCUT2D eigenvalue weighted by atomic mass is 32.2. The first-order chi connectivity index (χ1) is 9.84. The normalized spacial score (nSPS) is 19.8. The first-order valence-corrected chi connectivity index (χ1v) is 8.63. The Morgan fingerprint density at radius 1 is 0.850 bits per heavy atom. The zero-order valence-electron chi connectivity index (χ0n) is 12.0. The smallest absolute Gasteiger partial charge is 0.0882 e. The Bertz CT molecular complexity index is 568. The predicted octanol–water partition coefficient (Wildman–Crippen LogP) is 5.14. The van der Waals surface area contributed by atoms with Crippen LogP contribution in [-0.4, -0.2) is 5.25 Å². The summed E-state index contributed by atoms with van der Waals surface area (Å²) in [6.45, 7) is 2.16. The van der Waals surface area contributed by atoms with E-state index < -0.39 is 0 Å². The Kier molecular flexibility index (Phi) is 4.27. The summed E-state index contributed by atoms with van der Waals surface area (Å²) >= 11 is 0. The average Bonchev–Trinajstić information content (AvgIpc) is 2.52. The molecule has 102 valence electrons. The molecule has 2 unspecified atom stereocenters. The molecule has 0 radical (unpaired) electrons. The lowest BCUT2D eigenvalue weighted by molar-refractivity contribution is 0.740. The van der Waals surface area contributed by atoms with E-state index in [1.807, 2.05) is 0 Å². The molecule has 0 aromatic heterocycles. The van der Waals surface area contributed by atoms with Gasteiger partial charge in [-0.25, -0.2) is 0 Å². The summed E-state index contributed by atoms with van der Waals surface area (Å²) in [5, 5.41) is 0.755. The first-order valence-electron chi connectivity index (χ1n) is 7.34. The molecule has 2 aromatic carbocycles. The maximum Gasteiger partial charge on any atom is 0.161 e. The molecule has 1 heteroatoms. The largest absolute Gasteiger partial charge is 0.161 e. The van der Waals surface area contributed by atoms with E-state index in [0.29, 0.717) is 0 Å². The quantitative estimate of drug-likeness (QED) is 0.540. The summed E-state index contributed by atoms with van der Waals surface area (Å²) in [6.07, 6.45) is 8.45. The fourth-order valence-electron chi connectivity index (χ4n) is 2.75. The maximum absolute atomic E-state index is 2.37. The Labute approximate surface area is 124 Å². The second-order valence-corrected chi connectivity index (χ2v) is 7.66. The van der Waals surface area contributed by atoms with Crippen molar-refractivity contribution in [2.45, 2.75) is 41.2 Å². The van der Waals surface area contributed by atoms with Crippen LogP contribution in [0.3, 0.4) is 0 Å². The van der Waals surface area contributed by atoms with Gasteiger partial charge in [-0.15, -0.1) is 0 Å². The molecule has 3 rings (SSSR count). The van der Waals surface area contributed by atoms with Crippen molar-refractivity contribution in [2.75, 3.05) is 0 Å². The average molecular weight is 281 g/mol. The number of rotatable bonds is 3. The van der Waals surface area contributed by atoms with Gasteiger partial charge >= 0.3 is 0 Å². The third kappa shape index (κ3) is 2.99. The fourth-order valence-corrected chi connectivity index (χ4v) is 5.35. The van der Waals surface area contributed by atoms with Gasteiger partial charge in [-0.3, -0.25) is 0 Å². The van der Waals surface area contributed by atoms with Crippen LogP contribution in [0.2, 0.25) is 0 Å². The summed E-state index contributed by atoms with van der Waals surface area (Å²) in [5.41, 5.74) is 1.34. The van der Waals surface area contributed by atoms with Crippen molar-refractivity contribution >= 4 is 10.9 Å². The lowest BCUT2D eigenvalue weighted by Crippen LogP contribution is -2.23. The van der Waals surface area contributed by atoms with Gasteiger partial charge < -0.3 is 0 Å². The lowest BCUT2D eigenvalue weighted by atomic mass is 10.1. The van der Waals surface area contributed by atoms with E-state index in [4.69, 9.17) is 0 Å². The Morgan fingerprint density at radius 3 is 2.20 bits per heavy atom. The zero-order chi connectivity index (χ0) is 13.8. The molecule has 0 spiro atoms. The molecule has 0 bridgehead atoms. The number of hydrogen-bond donors (Lipinski definition) is 0. The van der Waals surface area contributed by atoms with Gasteiger partial charge in [0.15, 0.2) is 9.79 Å². The van der Waals surface area contributed by atoms with Gasteiger partial charge in [0.25, 0.3) is 0 Å². The van der Waals surface area contributed by atoms with Gasteiger partial charge in [-0.05, 0) is 44.0 Å². The Balaban J connectivity index is 1.98.